The number of carbonyl (C=O) groups is 1. The lowest BCUT2D eigenvalue weighted by Crippen LogP contribution is -2.21. The minimum atomic E-state index is -0.349. The predicted octanol–water partition coefficient (Wildman–Crippen LogP) is 4.02. The highest BCUT2D eigenvalue weighted by atomic mass is 32.1. The van der Waals surface area contributed by atoms with Gasteiger partial charge in [0, 0.05) is 12.1 Å². The SMILES string of the molecule is O=C(NCc1ccc(F)cc1)c1cc(-c2cccc(F)c2)ns1. The second kappa shape index (κ2) is 6.66. The van der Waals surface area contributed by atoms with E-state index in [4.69, 9.17) is 0 Å². The van der Waals surface area contributed by atoms with Crippen LogP contribution in [0.3, 0.4) is 0 Å². The van der Waals surface area contributed by atoms with E-state index in [-0.39, 0.29) is 17.5 Å². The number of benzene rings is 2. The van der Waals surface area contributed by atoms with E-state index in [2.05, 4.69) is 9.69 Å². The minimum absolute atomic E-state index is 0.269. The molecule has 0 saturated heterocycles. The standard InChI is InChI=1S/C17H12F2N2OS/c18-13-6-4-11(5-7-13)10-20-17(22)16-9-15(21-23-16)12-2-1-3-14(19)8-12/h1-9H,10H2,(H,20,22). The highest BCUT2D eigenvalue weighted by Crippen LogP contribution is 2.22. The Kier molecular flexibility index (Phi) is 4.43. The molecule has 1 amide bonds. The Bertz CT molecular complexity index is 831. The summed E-state index contributed by atoms with van der Waals surface area (Å²) in [5.41, 5.74) is 1.98. The fourth-order valence-corrected chi connectivity index (χ4v) is 2.71. The molecule has 1 heterocycles. The molecule has 0 bridgehead atoms. The molecule has 0 fully saturated rings. The molecule has 116 valence electrons. The zero-order valence-electron chi connectivity index (χ0n) is 11.9. The number of nitrogens with zero attached hydrogens (tertiary/aromatic N) is 1. The number of hydrogen-bond donors (Lipinski definition) is 1. The molecule has 0 aliphatic heterocycles. The third-order valence-electron chi connectivity index (χ3n) is 3.22. The summed E-state index contributed by atoms with van der Waals surface area (Å²) in [6.45, 7) is 0.298. The van der Waals surface area contributed by atoms with E-state index in [0.29, 0.717) is 22.7 Å². The van der Waals surface area contributed by atoms with Crippen molar-refractivity contribution in [3.63, 3.8) is 0 Å². The molecule has 23 heavy (non-hydrogen) atoms. The maximum Gasteiger partial charge on any atom is 0.263 e. The van der Waals surface area contributed by atoms with Crippen molar-refractivity contribution in [3.8, 4) is 11.3 Å². The molecule has 6 heteroatoms. The van der Waals surface area contributed by atoms with Gasteiger partial charge in [-0.15, -0.1) is 0 Å². The van der Waals surface area contributed by atoms with E-state index in [9.17, 15) is 13.6 Å². The number of nitrogens with one attached hydrogen (secondary N) is 1. The Morgan fingerprint density at radius 3 is 2.57 bits per heavy atom. The van der Waals surface area contributed by atoms with Gasteiger partial charge in [-0.2, -0.15) is 4.37 Å². The molecule has 1 N–H and O–H groups in total. The van der Waals surface area contributed by atoms with Crippen molar-refractivity contribution in [1.82, 2.24) is 9.69 Å². The third-order valence-corrected chi connectivity index (χ3v) is 4.01. The first-order chi connectivity index (χ1) is 11.1. The summed E-state index contributed by atoms with van der Waals surface area (Å²) in [4.78, 5) is 12.5. The van der Waals surface area contributed by atoms with Gasteiger partial charge in [-0.1, -0.05) is 24.3 Å². The van der Waals surface area contributed by atoms with Crippen LogP contribution in [0.1, 0.15) is 15.2 Å². The van der Waals surface area contributed by atoms with Crippen LogP contribution in [0.2, 0.25) is 0 Å². The second-order valence-corrected chi connectivity index (χ2v) is 5.70. The molecule has 2 aromatic carbocycles. The summed E-state index contributed by atoms with van der Waals surface area (Å²) >= 11 is 1.05. The molecule has 0 spiro atoms. The lowest BCUT2D eigenvalue weighted by atomic mass is 10.1. The Labute approximate surface area is 135 Å². The van der Waals surface area contributed by atoms with Crippen molar-refractivity contribution in [3.05, 3.63) is 76.7 Å². The van der Waals surface area contributed by atoms with Crippen LogP contribution in [0, 0.1) is 11.6 Å². The van der Waals surface area contributed by atoms with E-state index in [1.165, 1.54) is 24.3 Å². The van der Waals surface area contributed by atoms with E-state index in [1.807, 2.05) is 0 Å². The Morgan fingerprint density at radius 2 is 1.83 bits per heavy atom. The van der Waals surface area contributed by atoms with Crippen LogP contribution in [0.25, 0.3) is 11.3 Å². The summed E-state index contributed by atoms with van der Waals surface area (Å²) in [7, 11) is 0. The summed E-state index contributed by atoms with van der Waals surface area (Å²) in [6.07, 6.45) is 0. The van der Waals surface area contributed by atoms with Gasteiger partial charge in [0.15, 0.2) is 0 Å². The van der Waals surface area contributed by atoms with Crippen molar-refractivity contribution in [1.29, 1.82) is 0 Å². The minimum Gasteiger partial charge on any atom is -0.347 e. The van der Waals surface area contributed by atoms with Crippen LogP contribution in [0.5, 0.6) is 0 Å². The first-order valence-corrected chi connectivity index (χ1v) is 7.64. The molecule has 0 aliphatic rings. The lowest BCUT2D eigenvalue weighted by Gasteiger charge is -2.03. The van der Waals surface area contributed by atoms with Crippen LogP contribution < -0.4 is 5.32 Å². The molecule has 0 radical (unpaired) electrons. The third kappa shape index (κ3) is 3.78. The van der Waals surface area contributed by atoms with E-state index in [1.54, 1.807) is 30.3 Å². The lowest BCUT2D eigenvalue weighted by molar-refractivity contribution is 0.0955. The van der Waals surface area contributed by atoms with E-state index in [0.717, 1.165) is 17.1 Å². The molecular weight excluding hydrogens is 318 g/mol. The monoisotopic (exact) mass is 330 g/mol. The molecule has 3 rings (SSSR count). The normalized spacial score (nSPS) is 10.5. The van der Waals surface area contributed by atoms with Gasteiger partial charge in [-0.05, 0) is 47.4 Å². The molecule has 3 nitrogen and oxygen atoms in total. The van der Waals surface area contributed by atoms with Crippen LogP contribution in [-0.4, -0.2) is 10.3 Å². The zero-order valence-corrected chi connectivity index (χ0v) is 12.7. The molecule has 0 aliphatic carbocycles. The maximum absolute atomic E-state index is 13.2. The number of hydrogen-bond acceptors (Lipinski definition) is 3. The second-order valence-electron chi connectivity index (χ2n) is 4.90. The largest absolute Gasteiger partial charge is 0.347 e. The van der Waals surface area contributed by atoms with E-state index >= 15 is 0 Å². The Morgan fingerprint density at radius 1 is 1.04 bits per heavy atom. The Balaban J connectivity index is 1.67. The van der Waals surface area contributed by atoms with Crippen molar-refractivity contribution in [2.24, 2.45) is 0 Å². The quantitative estimate of drug-likeness (QED) is 0.785. The first kappa shape index (κ1) is 15.3. The zero-order chi connectivity index (χ0) is 16.2. The fourth-order valence-electron chi connectivity index (χ4n) is 2.04. The summed E-state index contributed by atoms with van der Waals surface area (Å²) in [5.74, 6) is -0.936. The van der Waals surface area contributed by atoms with Gasteiger partial charge in [0.05, 0.1) is 5.69 Å². The van der Waals surface area contributed by atoms with Gasteiger partial charge in [-0.3, -0.25) is 4.79 Å². The first-order valence-electron chi connectivity index (χ1n) is 6.87. The number of aromatic nitrogens is 1. The smallest absolute Gasteiger partial charge is 0.263 e. The molecule has 0 atom stereocenters. The number of halogens is 2. The van der Waals surface area contributed by atoms with E-state index < -0.39 is 0 Å². The van der Waals surface area contributed by atoms with Gasteiger partial charge in [-0.25, -0.2) is 8.78 Å². The van der Waals surface area contributed by atoms with Crippen molar-refractivity contribution < 1.29 is 13.6 Å². The average molecular weight is 330 g/mol. The maximum atomic E-state index is 13.2. The summed E-state index contributed by atoms with van der Waals surface area (Å²) in [6, 6.07) is 13.6. The van der Waals surface area contributed by atoms with Crippen LogP contribution in [0.15, 0.2) is 54.6 Å². The molecule has 0 saturated carbocycles. The van der Waals surface area contributed by atoms with Gasteiger partial charge in [0.1, 0.15) is 16.5 Å². The van der Waals surface area contributed by atoms with Gasteiger partial charge in [0.2, 0.25) is 0 Å². The highest BCUT2D eigenvalue weighted by molar-refractivity contribution is 7.08. The Hall–Kier alpha value is -2.60. The average Bonchev–Trinajstić information content (AvgIpc) is 3.04. The highest BCUT2D eigenvalue weighted by Gasteiger charge is 2.12. The molecular formula is C17H12F2N2OS. The van der Waals surface area contributed by atoms with Gasteiger partial charge >= 0.3 is 0 Å². The van der Waals surface area contributed by atoms with Crippen LogP contribution in [-0.2, 0) is 6.54 Å². The van der Waals surface area contributed by atoms with Gasteiger partial charge in [0.25, 0.3) is 5.91 Å². The summed E-state index contributed by atoms with van der Waals surface area (Å²) in [5, 5.41) is 2.75. The topological polar surface area (TPSA) is 42.0 Å². The predicted molar refractivity (Wildman–Crippen MR) is 85.1 cm³/mol. The van der Waals surface area contributed by atoms with Crippen LogP contribution in [0.4, 0.5) is 8.78 Å². The molecule has 3 aromatic rings. The van der Waals surface area contributed by atoms with Crippen molar-refractivity contribution >= 4 is 17.4 Å². The van der Waals surface area contributed by atoms with Crippen molar-refractivity contribution in [2.45, 2.75) is 6.54 Å². The molecule has 1 aromatic heterocycles. The van der Waals surface area contributed by atoms with Crippen molar-refractivity contribution in [2.75, 3.05) is 0 Å². The number of carbonyl (C=O) groups excluding carboxylic acids is 1. The fraction of sp³-hybridized carbons (Fsp3) is 0.0588. The summed E-state index contributed by atoms with van der Waals surface area (Å²) < 4.78 is 30.2. The van der Waals surface area contributed by atoms with Gasteiger partial charge < -0.3 is 5.32 Å². The number of rotatable bonds is 4. The number of amides is 1. The molecule has 0 unspecified atom stereocenters. The van der Waals surface area contributed by atoms with Crippen LogP contribution >= 0.6 is 11.5 Å².